The molecule has 3 aliphatic heterocycles. The van der Waals surface area contributed by atoms with E-state index < -0.39 is 23.5 Å². The number of nitrogens with zero attached hydrogens (tertiary/aromatic N) is 2. The molecule has 8 heteroatoms. The van der Waals surface area contributed by atoms with Crippen LogP contribution in [-0.2, 0) is 19.1 Å². The Morgan fingerprint density at radius 3 is 2.58 bits per heavy atom. The predicted octanol–water partition coefficient (Wildman–Crippen LogP) is 1.12. The van der Waals surface area contributed by atoms with Gasteiger partial charge in [0.2, 0.25) is 0 Å². The summed E-state index contributed by atoms with van der Waals surface area (Å²) in [5, 5.41) is 3.21. The molecule has 1 aromatic rings. The number of fused-ring (bicyclic) bond motifs is 1. The Kier molecular flexibility index (Phi) is 3.61. The molecule has 0 aromatic heterocycles. The van der Waals surface area contributed by atoms with Crippen LogP contribution in [0.2, 0.25) is 0 Å². The van der Waals surface area contributed by atoms with Crippen LogP contribution in [0.4, 0.5) is 5.69 Å². The van der Waals surface area contributed by atoms with E-state index in [4.69, 9.17) is 14.2 Å². The molecule has 8 nitrogen and oxygen atoms in total. The molecule has 4 rings (SSSR count). The average molecular weight is 359 g/mol. The maximum absolute atomic E-state index is 12.0. The second-order valence-electron chi connectivity index (χ2n) is 6.73. The normalized spacial score (nSPS) is 26.0. The molecule has 1 spiro atoms. The van der Waals surface area contributed by atoms with Crippen molar-refractivity contribution in [2.45, 2.75) is 38.2 Å². The summed E-state index contributed by atoms with van der Waals surface area (Å²) < 4.78 is 17.5. The highest BCUT2D eigenvalue weighted by Crippen LogP contribution is 2.51. The predicted molar refractivity (Wildman–Crippen MR) is 93.1 cm³/mol. The van der Waals surface area contributed by atoms with Crippen LogP contribution in [-0.4, -0.2) is 49.4 Å². The molecule has 1 fully saturated rings. The first kappa shape index (κ1) is 16.7. The van der Waals surface area contributed by atoms with Crippen molar-refractivity contribution in [3.8, 4) is 5.75 Å². The number of rotatable bonds is 3. The first-order valence-electron chi connectivity index (χ1n) is 8.72. The Morgan fingerprint density at radius 1 is 1.23 bits per heavy atom. The smallest absolute Gasteiger partial charge is 0.422 e. The molecular weight excluding hydrogens is 338 g/mol. The van der Waals surface area contributed by atoms with Gasteiger partial charge in [0.15, 0.2) is 5.84 Å². The van der Waals surface area contributed by atoms with Crippen molar-refractivity contribution in [3.05, 3.63) is 23.8 Å². The maximum Gasteiger partial charge on any atom is 0.422 e. The van der Waals surface area contributed by atoms with Crippen molar-refractivity contribution in [3.63, 3.8) is 0 Å². The van der Waals surface area contributed by atoms with E-state index in [0.29, 0.717) is 43.2 Å². The number of nitrogens with one attached hydrogen (secondary N) is 1. The summed E-state index contributed by atoms with van der Waals surface area (Å²) in [6, 6.07) is 5.71. The number of likely N-dealkylation sites (N-methyl/N-ethyl adjacent to an activating group) is 1. The lowest BCUT2D eigenvalue weighted by Crippen LogP contribution is -2.74. The summed E-state index contributed by atoms with van der Waals surface area (Å²) in [6.07, 6.45) is 1.14. The lowest BCUT2D eigenvalue weighted by atomic mass is 9.87. The second kappa shape index (κ2) is 5.62. The molecule has 0 saturated carbocycles. The van der Waals surface area contributed by atoms with Crippen LogP contribution >= 0.6 is 0 Å². The number of aliphatic imine (C=N–C) groups is 1. The molecule has 1 atom stereocenters. The van der Waals surface area contributed by atoms with E-state index in [9.17, 15) is 9.59 Å². The zero-order valence-electron chi connectivity index (χ0n) is 15.0. The lowest BCUT2D eigenvalue weighted by molar-refractivity contribution is -0.237. The molecule has 0 aliphatic carbocycles. The summed E-state index contributed by atoms with van der Waals surface area (Å²) >= 11 is 0. The second-order valence-corrected chi connectivity index (χ2v) is 6.73. The van der Waals surface area contributed by atoms with Gasteiger partial charge in [-0.15, -0.1) is 0 Å². The van der Waals surface area contributed by atoms with E-state index in [2.05, 4.69) is 10.3 Å². The topological polar surface area (TPSA) is 89.5 Å². The van der Waals surface area contributed by atoms with Crippen LogP contribution in [0, 0.1) is 6.92 Å². The van der Waals surface area contributed by atoms with Crippen molar-refractivity contribution in [1.29, 1.82) is 0 Å². The first-order chi connectivity index (χ1) is 12.4. The standard InChI is InChI=1S/C18H21N3O5/c1-4-7-17(16-19-8-9-20-16)18(25-14(22)15(23)26-18)21(3)12-10-11(2)5-6-13(12)24-17/h5-6,10H,4,7-9H2,1-3H3,(H,19,20). The van der Waals surface area contributed by atoms with Crippen molar-refractivity contribution in [2.75, 3.05) is 25.0 Å². The number of anilines is 1. The Hall–Kier alpha value is -2.77. The van der Waals surface area contributed by atoms with E-state index >= 15 is 0 Å². The number of benzene rings is 1. The maximum atomic E-state index is 12.0. The number of esters is 2. The Morgan fingerprint density at radius 2 is 1.96 bits per heavy atom. The number of hydrogen-bond acceptors (Lipinski definition) is 8. The number of ether oxygens (including phenoxy) is 3. The SMILES string of the molecule is CCCC1(C2=NCCN2)Oc2ccc(C)cc2N(C)C12OC(=O)C(=O)O2. The summed E-state index contributed by atoms with van der Waals surface area (Å²) in [5.41, 5.74) is 0.416. The average Bonchev–Trinajstić information content (AvgIpc) is 3.24. The van der Waals surface area contributed by atoms with Gasteiger partial charge in [-0.3, -0.25) is 9.89 Å². The van der Waals surface area contributed by atoms with Gasteiger partial charge >= 0.3 is 17.8 Å². The summed E-state index contributed by atoms with van der Waals surface area (Å²) in [4.78, 5) is 30.3. The summed E-state index contributed by atoms with van der Waals surface area (Å²) in [7, 11) is 1.73. The van der Waals surface area contributed by atoms with Gasteiger partial charge in [0.25, 0.3) is 5.60 Å². The Bertz CT molecular complexity index is 805. The molecule has 0 radical (unpaired) electrons. The summed E-state index contributed by atoms with van der Waals surface area (Å²) in [6.45, 7) is 5.15. The largest absolute Gasteiger partial charge is 0.466 e. The van der Waals surface area contributed by atoms with Gasteiger partial charge in [0.1, 0.15) is 5.75 Å². The number of carbonyl (C=O) groups excluding carboxylic acids is 2. The van der Waals surface area contributed by atoms with Gasteiger partial charge in [0.05, 0.1) is 12.2 Å². The van der Waals surface area contributed by atoms with Crippen molar-refractivity contribution < 1.29 is 23.8 Å². The molecule has 0 bridgehead atoms. The molecule has 26 heavy (non-hydrogen) atoms. The number of carbonyl (C=O) groups is 2. The van der Waals surface area contributed by atoms with E-state index in [1.54, 1.807) is 11.9 Å². The van der Waals surface area contributed by atoms with Crippen molar-refractivity contribution >= 4 is 23.5 Å². The van der Waals surface area contributed by atoms with Gasteiger partial charge in [-0.2, -0.15) is 0 Å². The van der Waals surface area contributed by atoms with Crippen LogP contribution in [0.15, 0.2) is 23.2 Å². The van der Waals surface area contributed by atoms with Crippen LogP contribution < -0.4 is 15.0 Å². The minimum absolute atomic E-state index is 0.442. The quantitative estimate of drug-likeness (QED) is 0.639. The molecule has 3 heterocycles. The lowest BCUT2D eigenvalue weighted by Gasteiger charge is -2.52. The van der Waals surface area contributed by atoms with Gasteiger partial charge in [-0.1, -0.05) is 19.4 Å². The van der Waals surface area contributed by atoms with Crippen LogP contribution in [0.1, 0.15) is 25.3 Å². The van der Waals surface area contributed by atoms with Gasteiger partial charge in [-0.25, -0.2) is 9.59 Å². The Labute approximate surface area is 151 Å². The highest BCUT2D eigenvalue weighted by Gasteiger charge is 2.72. The first-order valence-corrected chi connectivity index (χ1v) is 8.72. The molecule has 3 aliphatic rings. The fourth-order valence-corrected chi connectivity index (χ4v) is 3.86. The van der Waals surface area contributed by atoms with Crippen LogP contribution in [0.3, 0.4) is 0 Å². The minimum Gasteiger partial charge on any atom is -0.466 e. The van der Waals surface area contributed by atoms with E-state index in [1.165, 1.54) is 0 Å². The molecule has 138 valence electrons. The van der Waals surface area contributed by atoms with E-state index in [-0.39, 0.29) is 0 Å². The molecular formula is C18H21N3O5. The van der Waals surface area contributed by atoms with Gasteiger partial charge in [-0.05, 0) is 24.6 Å². The van der Waals surface area contributed by atoms with Gasteiger partial charge in [0, 0.05) is 20.0 Å². The third kappa shape index (κ3) is 2.04. The third-order valence-electron chi connectivity index (χ3n) is 5.00. The van der Waals surface area contributed by atoms with E-state index in [1.807, 2.05) is 32.0 Å². The Balaban J connectivity index is 1.96. The number of hydrogen-bond donors (Lipinski definition) is 1. The van der Waals surface area contributed by atoms with Crippen LogP contribution in [0.5, 0.6) is 5.75 Å². The molecule has 1 unspecified atom stereocenters. The number of amidine groups is 1. The fourth-order valence-electron chi connectivity index (χ4n) is 3.86. The van der Waals surface area contributed by atoms with Gasteiger partial charge < -0.3 is 19.5 Å². The van der Waals surface area contributed by atoms with Crippen molar-refractivity contribution in [1.82, 2.24) is 5.32 Å². The highest BCUT2D eigenvalue weighted by atomic mass is 16.8. The minimum atomic E-state index is -1.74. The zero-order chi connectivity index (χ0) is 18.5. The highest BCUT2D eigenvalue weighted by molar-refractivity contribution is 6.31. The molecule has 1 saturated heterocycles. The number of aryl methyl sites for hydroxylation is 1. The molecule has 1 aromatic carbocycles. The summed E-state index contributed by atoms with van der Waals surface area (Å²) in [5.74, 6) is -2.66. The monoisotopic (exact) mass is 359 g/mol. The molecule has 0 amide bonds. The molecule has 1 N–H and O–H groups in total. The van der Waals surface area contributed by atoms with Crippen molar-refractivity contribution in [2.24, 2.45) is 4.99 Å². The zero-order valence-corrected chi connectivity index (χ0v) is 15.0. The van der Waals surface area contributed by atoms with Crippen LogP contribution in [0.25, 0.3) is 0 Å². The fraction of sp³-hybridized carbons (Fsp3) is 0.500. The third-order valence-corrected chi connectivity index (χ3v) is 5.00. The van der Waals surface area contributed by atoms with E-state index in [0.717, 1.165) is 5.56 Å².